The van der Waals surface area contributed by atoms with Gasteiger partial charge in [0.1, 0.15) is 0 Å². The van der Waals surface area contributed by atoms with Gasteiger partial charge in [0.25, 0.3) is 16.6 Å². The lowest BCUT2D eigenvalue weighted by Gasteiger charge is -2.46. The third kappa shape index (κ3) is 11.1. The number of benzene rings is 4. The van der Waals surface area contributed by atoms with Gasteiger partial charge in [0.05, 0.1) is 18.3 Å². The molecule has 1 N–H and O–H groups in total. The number of hydrogen-bond acceptors (Lipinski definition) is 4. The van der Waals surface area contributed by atoms with Crippen molar-refractivity contribution in [1.29, 1.82) is 0 Å². The standard InChI is InChI=1S/C50H72O4Si3/c1-13-27-42(52-55(11,12)48(2,3)4)40-43(54-57(50(8,9)10,46-34-22-16-23-35-46)47-36-24-17-25-37-47)29-26-28-41(38-39-51)53-56(49(5,6)7,44-30-18-14-19-31-44)45-32-20-15-21-33-45/h13-26,29-37,41-43,51H,1,27-28,38-40H2,2-12H3/b29-26+/t41-,42+,43-/m1/s1. The van der Waals surface area contributed by atoms with Crippen molar-refractivity contribution in [2.24, 2.45) is 0 Å². The fourth-order valence-electron chi connectivity index (χ4n) is 8.01. The number of hydrogen-bond donors (Lipinski definition) is 1. The van der Waals surface area contributed by atoms with Gasteiger partial charge in [0.2, 0.25) is 0 Å². The Morgan fingerprint density at radius 2 is 0.930 bits per heavy atom. The third-order valence-corrected chi connectivity index (χ3v) is 26.6. The quantitative estimate of drug-likeness (QED) is 0.0756. The Morgan fingerprint density at radius 1 is 0.544 bits per heavy atom. The Bertz CT molecular complexity index is 1730. The topological polar surface area (TPSA) is 47.9 Å². The van der Waals surface area contributed by atoms with E-state index in [1.807, 2.05) is 6.08 Å². The highest BCUT2D eigenvalue weighted by Gasteiger charge is 2.53. The van der Waals surface area contributed by atoms with Gasteiger partial charge in [-0.2, -0.15) is 0 Å². The largest absolute Gasteiger partial charge is 0.414 e. The molecule has 0 aliphatic heterocycles. The second kappa shape index (κ2) is 19.7. The first-order valence-corrected chi connectivity index (χ1v) is 27.7. The maximum Gasteiger partial charge on any atom is 0.261 e. The average molecular weight is 821 g/mol. The number of aliphatic hydroxyl groups excluding tert-OH is 1. The molecule has 0 radical (unpaired) electrons. The van der Waals surface area contributed by atoms with Crippen LogP contribution >= 0.6 is 0 Å². The molecule has 4 rings (SSSR count). The van der Waals surface area contributed by atoms with Gasteiger partial charge in [-0.3, -0.25) is 0 Å². The molecule has 57 heavy (non-hydrogen) atoms. The molecule has 0 saturated heterocycles. The smallest absolute Gasteiger partial charge is 0.261 e. The Hall–Kier alpha value is -3.15. The van der Waals surface area contributed by atoms with Gasteiger partial charge in [-0.05, 0) is 68.2 Å². The zero-order valence-electron chi connectivity index (χ0n) is 36.9. The summed E-state index contributed by atoms with van der Waals surface area (Å²) in [6.45, 7) is 29.7. The van der Waals surface area contributed by atoms with Gasteiger partial charge in [0, 0.05) is 13.0 Å². The molecule has 3 atom stereocenters. The van der Waals surface area contributed by atoms with E-state index in [-0.39, 0.29) is 40.0 Å². The number of rotatable bonds is 19. The second-order valence-corrected chi connectivity index (χ2v) is 32.4. The molecule has 4 aromatic carbocycles. The molecule has 0 aromatic heterocycles. The molecule has 7 heteroatoms. The Labute approximate surface area is 349 Å². The summed E-state index contributed by atoms with van der Waals surface area (Å²) in [5, 5.41) is 15.2. The van der Waals surface area contributed by atoms with E-state index in [0.29, 0.717) is 19.3 Å². The van der Waals surface area contributed by atoms with E-state index in [1.165, 1.54) is 20.7 Å². The van der Waals surface area contributed by atoms with E-state index >= 15 is 0 Å². The van der Waals surface area contributed by atoms with Crippen molar-refractivity contribution in [2.75, 3.05) is 6.61 Å². The van der Waals surface area contributed by atoms with Crippen LogP contribution in [0.3, 0.4) is 0 Å². The van der Waals surface area contributed by atoms with E-state index in [2.05, 4.69) is 215 Å². The zero-order chi connectivity index (χ0) is 42.0. The molecular formula is C50H72O4Si3. The van der Waals surface area contributed by atoms with Crippen LogP contribution in [-0.4, -0.2) is 55.0 Å². The molecule has 0 amide bonds. The minimum absolute atomic E-state index is 0.0421. The molecule has 0 fully saturated rings. The van der Waals surface area contributed by atoms with E-state index in [9.17, 15) is 5.11 Å². The highest BCUT2D eigenvalue weighted by Crippen LogP contribution is 2.41. The average Bonchev–Trinajstić information content (AvgIpc) is 3.15. The van der Waals surface area contributed by atoms with Crippen molar-refractivity contribution in [1.82, 2.24) is 0 Å². The lowest BCUT2D eigenvalue weighted by Crippen LogP contribution is -2.67. The fourth-order valence-corrected chi connectivity index (χ4v) is 18.8. The maximum absolute atomic E-state index is 10.5. The van der Waals surface area contributed by atoms with Crippen molar-refractivity contribution in [2.45, 2.75) is 135 Å². The second-order valence-electron chi connectivity index (χ2n) is 19.2. The summed E-state index contributed by atoms with van der Waals surface area (Å²) < 4.78 is 22.6. The molecular weight excluding hydrogens is 749 g/mol. The maximum atomic E-state index is 10.5. The Kier molecular flexibility index (Phi) is 16.1. The first-order valence-electron chi connectivity index (χ1n) is 21.0. The Balaban J connectivity index is 1.84. The van der Waals surface area contributed by atoms with Crippen LogP contribution in [0.5, 0.6) is 0 Å². The van der Waals surface area contributed by atoms with Gasteiger partial charge in [0.15, 0.2) is 8.32 Å². The van der Waals surface area contributed by atoms with Crippen molar-refractivity contribution >= 4 is 45.7 Å². The minimum atomic E-state index is -2.93. The van der Waals surface area contributed by atoms with Crippen molar-refractivity contribution in [3.05, 3.63) is 146 Å². The van der Waals surface area contributed by atoms with Crippen molar-refractivity contribution in [3.8, 4) is 0 Å². The van der Waals surface area contributed by atoms with Crippen LogP contribution in [-0.2, 0) is 13.3 Å². The van der Waals surface area contributed by atoms with Crippen LogP contribution < -0.4 is 20.7 Å². The number of aliphatic hydroxyl groups is 1. The van der Waals surface area contributed by atoms with Gasteiger partial charge in [-0.15, -0.1) is 6.58 Å². The van der Waals surface area contributed by atoms with E-state index in [1.54, 1.807) is 0 Å². The van der Waals surface area contributed by atoms with E-state index < -0.39 is 25.0 Å². The summed E-state index contributed by atoms with van der Waals surface area (Å²) in [6, 6.07) is 43.3. The molecule has 0 bridgehead atoms. The molecule has 4 nitrogen and oxygen atoms in total. The van der Waals surface area contributed by atoms with Crippen molar-refractivity contribution in [3.63, 3.8) is 0 Å². The predicted molar refractivity (Wildman–Crippen MR) is 252 cm³/mol. The minimum Gasteiger partial charge on any atom is -0.414 e. The van der Waals surface area contributed by atoms with Gasteiger partial charge in [-0.25, -0.2) is 0 Å². The molecule has 0 saturated carbocycles. The normalized spacial score (nSPS) is 15.0. The zero-order valence-corrected chi connectivity index (χ0v) is 39.9. The van der Waals surface area contributed by atoms with Gasteiger partial charge in [-0.1, -0.05) is 202 Å². The van der Waals surface area contributed by atoms with Crippen LogP contribution in [0.25, 0.3) is 0 Å². The monoisotopic (exact) mass is 820 g/mol. The van der Waals surface area contributed by atoms with E-state index in [0.717, 1.165) is 6.42 Å². The van der Waals surface area contributed by atoms with Crippen LogP contribution in [0.2, 0.25) is 28.2 Å². The summed E-state index contributed by atoms with van der Waals surface area (Å²) in [5.41, 5.74) is 0. The summed E-state index contributed by atoms with van der Waals surface area (Å²) in [4.78, 5) is 0. The lowest BCUT2D eigenvalue weighted by molar-refractivity contribution is 0.117. The first-order chi connectivity index (χ1) is 26.8. The van der Waals surface area contributed by atoms with Crippen LogP contribution in [0.1, 0.15) is 88.0 Å². The van der Waals surface area contributed by atoms with Gasteiger partial charge < -0.3 is 18.4 Å². The molecule has 0 aliphatic carbocycles. The van der Waals surface area contributed by atoms with Gasteiger partial charge >= 0.3 is 0 Å². The molecule has 0 spiro atoms. The molecule has 0 unspecified atom stereocenters. The molecule has 0 aliphatic rings. The SMILES string of the molecule is C=CC[C@@H](C[C@@H](/C=C/C[C@H](CCO)O[Si](c1ccccc1)(c1ccccc1)C(C)(C)C)O[Si](c1ccccc1)(c1ccccc1)C(C)(C)C)O[Si](C)(C)C(C)(C)C. The van der Waals surface area contributed by atoms with E-state index in [4.69, 9.17) is 13.3 Å². The van der Waals surface area contributed by atoms with Crippen molar-refractivity contribution < 1.29 is 18.4 Å². The fraction of sp³-hybridized carbons (Fsp3) is 0.440. The Morgan fingerprint density at radius 3 is 1.26 bits per heavy atom. The third-order valence-electron chi connectivity index (χ3n) is 11.9. The highest BCUT2D eigenvalue weighted by atomic mass is 28.4. The van der Waals surface area contributed by atoms with Crippen LogP contribution in [0.15, 0.2) is 146 Å². The highest BCUT2D eigenvalue weighted by molar-refractivity contribution is 7.00. The summed E-state index contributed by atoms with van der Waals surface area (Å²) in [6.07, 6.45) is 8.62. The summed E-state index contributed by atoms with van der Waals surface area (Å²) in [7, 11) is -7.91. The summed E-state index contributed by atoms with van der Waals surface area (Å²) in [5.74, 6) is 0. The van der Waals surface area contributed by atoms with Crippen LogP contribution in [0, 0.1) is 0 Å². The molecule has 0 heterocycles. The summed E-state index contributed by atoms with van der Waals surface area (Å²) >= 11 is 0. The first kappa shape index (κ1) is 46.5. The lowest BCUT2D eigenvalue weighted by atomic mass is 10.1. The van der Waals surface area contributed by atoms with Crippen LogP contribution in [0.4, 0.5) is 0 Å². The molecule has 4 aromatic rings. The molecule has 308 valence electrons. The predicted octanol–water partition coefficient (Wildman–Crippen LogP) is 10.6.